The zero-order chi connectivity index (χ0) is 31.3. The van der Waals surface area contributed by atoms with Gasteiger partial charge in [0.2, 0.25) is 0 Å². The van der Waals surface area contributed by atoms with E-state index in [0.29, 0.717) is 5.76 Å². The van der Waals surface area contributed by atoms with Crippen LogP contribution in [-0.2, 0) is 38.9 Å². The fourth-order valence-corrected chi connectivity index (χ4v) is 5.19. The molecule has 0 bridgehead atoms. The Kier molecular flexibility index (Phi) is 10.2. The molecule has 5 nitrogen and oxygen atoms in total. The van der Waals surface area contributed by atoms with Gasteiger partial charge >= 0.3 is 0 Å². The first-order valence-electron chi connectivity index (χ1n) is 15.4. The van der Waals surface area contributed by atoms with Gasteiger partial charge in [0.05, 0.1) is 25.7 Å². The molecule has 0 N–H and O–H groups in total. The number of benzene rings is 2. The summed E-state index contributed by atoms with van der Waals surface area (Å²) in [5, 5.41) is 0. The van der Waals surface area contributed by atoms with Gasteiger partial charge in [0, 0.05) is 0 Å². The Balaban J connectivity index is 1.51. The number of ether oxygens (including phenoxy) is 2. The molecule has 2 aromatic heterocycles. The molecule has 2 unspecified atom stereocenters. The average molecular weight is 585 g/mol. The highest BCUT2D eigenvalue weighted by Crippen LogP contribution is 2.34. The second kappa shape index (κ2) is 13.5. The number of Topliss-reactive ketones (excluding diaryl/α,β-unsaturated/α-hetero) is 1. The summed E-state index contributed by atoms with van der Waals surface area (Å²) in [6.45, 7) is 18.1. The monoisotopic (exact) mass is 584 g/mol. The van der Waals surface area contributed by atoms with E-state index in [0.717, 1.165) is 12.8 Å². The van der Waals surface area contributed by atoms with Crippen LogP contribution in [0.3, 0.4) is 0 Å². The molecule has 0 saturated carbocycles. The van der Waals surface area contributed by atoms with Gasteiger partial charge in [-0.15, -0.1) is 0 Å². The molecule has 0 spiro atoms. The third kappa shape index (κ3) is 8.36. The Bertz CT molecular complexity index is 1330. The molecule has 2 aromatic carbocycles. The van der Waals surface area contributed by atoms with Crippen LogP contribution in [-0.4, -0.2) is 19.0 Å². The third-order valence-corrected chi connectivity index (χ3v) is 7.84. The zero-order valence-electron chi connectivity index (χ0n) is 27.1. The number of hydrogen-bond donors (Lipinski definition) is 0. The van der Waals surface area contributed by atoms with Crippen LogP contribution in [0.2, 0.25) is 0 Å². The van der Waals surface area contributed by atoms with E-state index in [1.54, 1.807) is 24.3 Å². The van der Waals surface area contributed by atoms with E-state index in [1.807, 2.05) is 0 Å². The molecule has 0 aliphatic rings. The van der Waals surface area contributed by atoms with Crippen molar-refractivity contribution >= 4 is 5.78 Å². The van der Waals surface area contributed by atoms with E-state index in [9.17, 15) is 4.79 Å². The highest BCUT2D eigenvalue weighted by Gasteiger charge is 2.48. The molecule has 5 heteroatoms. The molecule has 2 heterocycles. The van der Waals surface area contributed by atoms with Crippen molar-refractivity contribution in [1.29, 1.82) is 0 Å². The smallest absolute Gasteiger partial charge is 0.298 e. The lowest BCUT2D eigenvalue weighted by molar-refractivity contribution is -0.229. The fourth-order valence-electron chi connectivity index (χ4n) is 5.19. The van der Waals surface area contributed by atoms with Crippen LogP contribution in [0, 0.1) is 11.8 Å². The standard InChI is InChI=1S/C38H48O5/c1-27(23-29-13-17-31(18-14-29)36(3,4)5)25-42-38(34-12-10-22-41-34,35(39)33-11-9-21-40-33)43-26-28(2)24-30-15-19-32(20-16-30)37(6,7)8/h9-22,27-28H,23-26H2,1-8H3. The summed E-state index contributed by atoms with van der Waals surface area (Å²) in [5.41, 5.74) is 5.25. The minimum Gasteiger partial charge on any atom is -0.463 e. The van der Waals surface area contributed by atoms with Gasteiger partial charge in [-0.1, -0.05) is 104 Å². The zero-order valence-corrected chi connectivity index (χ0v) is 27.1. The first-order chi connectivity index (χ1) is 20.3. The molecule has 0 saturated heterocycles. The Labute approximate surface area is 257 Å². The number of furan rings is 2. The van der Waals surface area contributed by atoms with Crippen molar-refractivity contribution in [3.8, 4) is 0 Å². The van der Waals surface area contributed by atoms with Gasteiger partial charge in [0.15, 0.2) is 11.5 Å². The number of ketones is 1. The largest absolute Gasteiger partial charge is 0.463 e. The maximum Gasteiger partial charge on any atom is 0.298 e. The summed E-state index contributed by atoms with van der Waals surface area (Å²) < 4.78 is 24.3. The van der Waals surface area contributed by atoms with Crippen LogP contribution < -0.4 is 0 Å². The minimum atomic E-state index is -1.77. The Morgan fingerprint density at radius 3 is 1.47 bits per heavy atom. The van der Waals surface area contributed by atoms with Crippen LogP contribution in [0.1, 0.15) is 94.0 Å². The molecule has 43 heavy (non-hydrogen) atoms. The van der Waals surface area contributed by atoms with Gasteiger partial charge in [0.25, 0.3) is 11.6 Å². The van der Waals surface area contributed by atoms with Gasteiger partial charge in [-0.25, -0.2) is 0 Å². The SMILES string of the molecule is CC(COC(OCC(C)Cc1ccc(C(C)(C)C)cc1)(C(=O)c1ccco1)c1ccco1)Cc1ccc(C(C)(C)C)cc1. The molecule has 2 atom stereocenters. The van der Waals surface area contributed by atoms with E-state index in [-0.39, 0.29) is 41.6 Å². The number of carbonyl (C=O) groups is 1. The molecule has 0 fully saturated rings. The molecule has 0 amide bonds. The molecule has 230 valence electrons. The molecule has 4 rings (SSSR count). The van der Waals surface area contributed by atoms with Crippen molar-refractivity contribution in [2.75, 3.05) is 13.2 Å². The topological polar surface area (TPSA) is 61.8 Å². The highest BCUT2D eigenvalue weighted by molar-refractivity contribution is 5.99. The third-order valence-electron chi connectivity index (χ3n) is 7.84. The van der Waals surface area contributed by atoms with Crippen LogP contribution in [0.5, 0.6) is 0 Å². The van der Waals surface area contributed by atoms with Crippen molar-refractivity contribution in [3.05, 3.63) is 119 Å². The van der Waals surface area contributed by atoms with E-state index in [2.05, 4.69) is 104 Å². The first kappa shape index (κ1) is 32.5. The van der Waals surface area contributed by atoms with Crippen LogP contribution in [0.25, 0.3) is 0 Å². The van der Waals surface area contributed by atoms with Gasteiger partial charge in [0.1, 0.15) is 0 Å². The van der Waals surface area contributed by atoms with Crippen molar-refractivity contribution in [2.24, 2.45) is 11.8 Å². The maximum absolute atomic E-state index is 14.0. The van der Waals surface area contributed by atoms with E-state index in [1.165, 1.54) is 34.8 Å². The lowest BCUT2D eigenvalue weighted by atomic mass is 9.86. The van der Waals surface area contributed by atoms with E-state index in [4.69, 9.17) is 18.3 Å². The normalized spacial score (nSPS) is 15.2. The van der Waals surface area contributed by atoms with Gasteiger partial charge in [-0.05, 0) is 82.0 Å². The van der Waals surface area contributed by atoms with Gasteiger partial charge in [-0.2, -0.15) is 0 Å². The summed E-state index contributed by atoms with van der Waals surface area (Å²) >= 11 is 0. The summed E-state index contributed by atoms with van der Waals surface area (Å²) in [6, 6.07) is 24.3. The molecular weight excluding hydrogens is 536 g/mol. The second-order valence-electron chi connectivity index (χ2n) is 14.0. The fraction of sp³-hybridized carbons (Fsp3) is 0.447. The van der Waals surface area contributed by atoms with Crippen LogP contribution in [0.4, 0.5) is 0 Å². The molecular formula is C38H48O5. The average Bonchev–Trinajstić information content (AvgIpc) is 3.68. The molecule has 4 aromatic rings. The summed E-state index contributed by atoms with van der Waals surface area (Å²) in [6.07, 6.45) is 4.61. The summed E-state index contributed by atoms with van der Waals surface area (Å²) in [5.74, 6) is -1.50. The predicted molar refractivity (Wildman–Crippen MR) is 171 cm³/mol. The van der Waals surface area contributed by atoms with Crippen molar-refractivity contribution < 1.29 is 23.1 Å². The second-order valence-corrected chi connectivity index (χ2v) is 14.0. The lowest BCUT2D eigenvalue weighted by Crippen LogP contribution is -2.43. The van der Waals surface area contributed by atoms with E-state index >= 15 is 0 Å². The quantitative estimate of drug-likeness (QED) is 0.116. The summed E-state index contributed by atoms with van der Waals surface area (Å²) in [7, 11) is 0. The molecule has 0 aliphatic heterocycles. The Hall–Kier alpha value is -3.41. The van der Waals surface area contributed by atoms with Crippen molar-refractivity contribution in [1.82, 2.24) is 0 Å². The van der Waals surface area contributed by atoms with Crippen molar-refractivity contribution in [2.45, 2.75) is 84.8 Å². The summed E-state index contributed by atoms with van der Waals surface area (Å²) in [4.78, 5) is 14.0. The predicted octanol–water partition coefficient (Wildman–Crippen LogP) is 9.29. The van der Waals surface area contributed by atoms with Crippen molar-refractivity contribution in [3.63, 3.8) is 0 Å². The maximum atomic E-state index is 14.0. The number of carbonyl (C=O) groups excluding carboxylic acids is 1. The highest BCUT2D eigenvalue weighted by atomic mass is 16.7. The Morgan fingerprint density at radius 2 is 1.09 bits per heavy atom. The van der Waals surface area contributed by atoms with E-state index < -0.39 is 11.6 Å². The Morgan fingerprint density at radius 1 is 0.651 bits per heavy atom. The first-order valence-corrected chi connectivity index (χ1v) is 15.4. The van der Waals surface area contributed by atoms with Gasteiger partial charge in [-0.3, -0.25) is 4.79 Å². The molecule has 0 radical (unpaired) electrons. The number of rotatable bonds is 13. The minimum absolute atomic E-state index is 0.104. The van der Waals surface area contributed by atoms with Crippen LogP contribution in [0.15, 0.2) is 94.2 Å². The van der Waals surface area contributed by atoms with Gasteiger partial charge < -0.3 is 18.3 Å². The van der Waals surface area contributed by atoms with Crippen LogP contribution >= 0.6 is 0 Å². The molecule has 0 aliphatic carbocycles. The lowest BCUT2D eigenvalue weighted by Gasteiger charge is -2.32. The number of hydrogen-bond acceptors (Lipinski definition) is 5.